The number of benzene rings is 1. The zero-order valence-electron chi connectivity index (χ0n) is 13.9. The average molecular weight is 327 g/mol. The highest BCUT2D eigenvalue weighted by Crippen LogP contribution is 2.37. The predicted molar refractivity (Wildman–Crippen MR) is 98.2 cm³/mol. The van der Waals surface area contributed by atoms with Crippen LogP contribution in [0.1, 0.15) is 38.5 Å². The van der Waals surface area contributed by atoms with Crippen molar-refractivity contribution >= 4 is 28.5 Å². The fraction of sp³-hybridized carbons (Fsp3) is 0.579. The van der Waals surface area contributed by atoms with Crippen molar-refractivity contribution in [2.45, 2.75) is 43.4 Å². The molecule has 2 fully saturated rings. The number of piperidine rings is 1. The molecule has 1 aromatic carbocycles. The molecule has 0 amide bonds. The molecule has 2 atom stereocenters. The monoisotopic (exact) mass is 327 g/mol. The number of nitrogens with zero attached hydrogens (tertiary/aromatic N) is 3. The Morgan fingerprint density at radius 2 is 1.91 bits per heavy atom. The molecule has 1 aromatic heterocycles. The van der Waals surface area contributed by atoms with Gasteiger partial charge in [-0.05, 0) is 49.1 Å². The summed E-state index contributed by atoms with van der Waals surface area (Å²) < 4.78 is 0. The van der Waals surface area contributed by atoms with Crippen molar-refractivity contribution in [1.29, 1.82) is 0 Å². The van der Waals surface area contributed by atoms with Crippen LogP contribution in [0.15, 0.2) is 29.4 Å². The van der Waals surface area contributed by atoms with E-state index in [-0.39, 0.29) is 0 Å². The van der Waals surface area contributed by atoms with Crippen molar-refractivity contribution < 1.29 is 0 Å². The van der Waals surface area contributed by atoms with Crippen LogP contribution >= 0.6 is 11.8 Å². The van der Waals surface area contributed by atoms with E-state index in [1.807, 2.05) is 0 Å². The third kappa shape index (κ3) is 3.06. The third-order valence-electron chi connectivity index (χ3n) is 5.66. The molecule has 2 aromatic rings. The normalized spacial score (nSPS) is 25.2. The Labute approximate surface area is 142 Å². The zero-order valence-corrected chi connectivity index (χ0v) is 14.7. The summed E-state index contributed by atoms with van der Waals surface area (Å²) in [4.78, 5) is 13.0. The molecule has 2 aliphatic rings. The highest BCUT2D eigenvalue weighted by atomic mass is 32.2. The van der Waals surface area contributed by atoms with Crippen LogP contribution in [0.4, 0.5) is 5.82 Å². The molecule has 0 bridgehead atoms. The molecule has 2 heterocycles. The second-order valence-electron chi connectivity index (χ2n) is 6.97. The summed E-state index contributed by atoms with van der Waals surface area (Å²) in [5.41, 5.74) is 1.07. The van der Waals surface area contributed by atoms with E-state index in [2.05, 4.69) is 39.3 Å². The standard InChI is InChI=1S/C19H25N3S/c1-23-16-7-8-18-17(11-16)19(21-13-20-18)22-10-9-14-5-3-2-4-6-15(14)12-22/h7-8,11,13-15H,2-6,9-10,12H2,1H3. The van der Waals surface area contributed by atoms with E-state index in [0.717, 1.165) is 29.7 Å². The van der Waals surface area contributed by atoms with Crippen LogP contribution in [0, 0.1) is 11.8 Å². The molecule has 0 radical (unpaired) electrons. The minimum atomic E-state index is 0.861. The van der Waals surface area contributed by atoms with Gasteiger partial charge in [0.1, 0.15) is 12.1 Å². The van der Waals surface area contributed by atoms with E-state index in [4.69, 9.17) is 0 Å². The number of hydrogen-bond acceptors (Lipinski definition) is 4. The molecule has 3 nitrogen and oxygen atoms in total. The van der Waals surface area contributed by atoms with Crippen molar-refractivity contribution in [3.8, 4) is 0 Å². The molecule has 23 heavy (non-hydrogen) atoms. The molecule has 0 spiro atoms. The van der Waals surface area contributed by atoms with Gasteiger partial charge in [-0.1, -0.05) is 25.7 Å². The lowest BCUT2D eigenvalue weighted by molar-refractivity contribution is 0.263. The van der Waals surface area contributed by atoms with Gasteiger partial charge in [0, 0.05) is 23.4 Å². The van der Waals surface area contributed by atoms with Crippen LogP contribution in [0.3, 0.4) is 0 Å². The minimum absolute atomic E-state index is 0.861. The maximum absolute atomic E-state index is 4.67. The van der Waals surface area contributed by atoms with Crippen LogP contribution in [0.25, 0.3) is 10.9 Å². The molecule has 1 saturated carbocycles. The van der Waals surface area contributed by atoms with Crippen molar-refractivity contribution in [2.24, 2.45) is 11.8 Å². The Morgan fingerprint density at radius 1 is 1.04 bits per heavy atom. The fourth-order valence-corrected chi connectivity index (χ4v) is 4.81. The molecule has 0 N–H and O–H groups in total. The van der Waals surface area contributed by atoms with Gasteiger partial charge in [-0.15, -0.1) is 11.8 Å². The highest BCUT2D eigenvalue weighted by molar-refractivity contribution is 7.98. The Balaban J connectivity index is 1.66. The molecule has 4 heteroatoms. The lowest BCUT2D eigenvalue weighted by Gasteiger charge is -2.39. The Bertz CT molecular complexity index is 687. The van der Waals surface area contributed by atoms with Gasteiger partial charge < -0.3 is 4.90 Å². The number of hydrogen-bond donors (Lipinski definition) is 0. The summed E-state index contributed by atoms with van der Waals surface area (Å²) in [6, 6.07) is 6.54. The fourth-order valence-electron chi connectivity index (χ4n) is 4.37. The molecule has 2 unspecified atom stereocenters. The van der Waals surface area contributed by atoms with E-state index in [0.29, 0.717) is 0 Å². The molecule has 4 rings (SSSR count). The van der Waals surface area contributed by atoms with Gasteiger partial charge in [0.05, 0.1) is 5.52 Å². The maximum atomic E-state index is 4.67. The quantitative estimate of drug-likeness (QED) is 0.744. The SMILES string of the molecule is CSc1ccc2ncnc(N3CCC4CCCCCC4C3)c2c1. The summed E-state index contributed by atoms with van der Waals surface area (Å²) >= 11 is 1.79. The van der Waals surface area contributed by atoms with E-state index in [1.54, 1.807) is 18.1 Å². The summed E-state index contributed by atoms with van der Waals surface area (Å²) in [7, 11) is 0. The number of aromatic nitrogens is 2. The zero-order chi connectivity index (χ0) is 15.6. The van der Waals surface area contributed by atoms with Crippen LogP contribution in [0.2, 0.25) is 0 Å². The number of thioether (sulfide) groups is 1. The lowest BCUT2D eigenvalue weighted by atomic mass is 9.82. The van der Waals surface area contributed by atoms with Crippen LogP contribution < -0.4 is 4.90 Å². The highest BCUT2D eigenvalue weighted by Gasteiger charge is 2.31. The Kier molecular flexibility index (Phi) is 4.43. The lowest BCUT2D eigenvalue weighted by Crippen LogP contribution is -2.40. The van der Waals surface area contributed by atoms with E-state index >= 15 is 0 Å². The summed E-state index contributed by atoms with van der Waals surface area (Å²) in [6.07, 6.45) is 12.3. The van der Waals surface area contributed by atoms with Crippen LogP contribution in [0.5, 0.6) is 0 Å². The molecule has 1 aliphatic heterocycles. The number of anilines is 1. The first-order valence-electron chi connectivity index (χ1n) is 8.89. The largest absolute Gasteiger partial charge is 0.356 e. The van der Waals surface area contributed by atoms with Gasteiger partial charge in [0.15, 0.2) is 0 Å². The molecule has 122 valence electrons. The van der Waals surface area contributed by atoms with Gasteiger partial charge in [-0.2, -0.15) is 0 Å². The molecular formula is C19H25N3S. The van der Waals surface area contributed by atoms with Gasteiger partial charge in [0.2, 0.25) is 0 Å². The smallest absolute Gasteiger partial charge is 0.139 e. The first kappa shape index (κ1) is 15.3. The second kappa shape index (κ2) is 6.68. The van der Waals surface area contributed by atoms with Gasteiger partial charge in [-0.25, -0.2) is 9.97 Å². The molecular weight excluding hydrogens is 302 g/mol. The van der Waals surface area contributed by atoms with E-state index in [1.165, 1.54) is 55.4 Å². The summed E-state index contributed by atoms with van der Waals surface area (Å²) in [6.45, 7) is 2.33. The van der Waals surface area contributed by atoms with Crippen molar-refractivity contribution in [3.63, 3.8) is 0 Å². The summed E-state index contributed by atoms with van der Waals surface area (Å²) in [5, 5.41) is 1.21. The first-order chi connectivity index (χ1) is 11.3. The van der Waals surface area contributed by atoms with Gasteiger partial charge in [0.25, 0.3) is 0 Å². The maximum Gasteiger partial charge on any atom is 0.139 e. The van der Waals surface area contributed by atoms with Crippen molar-refractivity contribution in [2.75, 3.05) is 24.2 Å². The third-order valence-corrected chi connectivity index (χ3v) is 6.39. The van der Waals surface area contributed by atoms with Gasteiger partial charge in [-0.3, -0.25) is 0 Å². The topological polar surface area (TPSA) is 29.0 Å². The average Bonchev–Trinajstić information content (AvgIpc) is 2.85. The second-order valence-corrected chi connectivity index (χ2v) is 7.85. The van der Waals surface area contributed by atoms with Crippen molar-refractivity contribution in [3.05, 3.63) is 24.5 Å². The van der Waals surface area contributed by atoms with Crippen LogP contribution in [-0.2, 0) is 0 Å². The van der Waals surface area contributed by atoms with E-state index < -0.39 is 0 Å². The first-order valence-corrected chi connectivity index (χ1v) is 10.1. The van der Waals surface area contributed by atoms with Crippen LogP contribution in [-0.4, -0.2) is 29.3 Å². The number of fused-ring (bicyclic) bond motifs is 2. The van der Waals surface area contributed by atoms with Crippen molar-refractivity contribution in [1.82, 2.24) is 9.97 Å². The summed E-state index contributed by atoms with van der Waals surface area (Å²) in [5.74, 6) is 2.96. The Hall–Kier alpha value is -1.29. The number of rotatable bonds is 2. The molecule has 1 saturated heterocycles. The minimum Gasteiger partial charge on any atom is -0.356 e. The van der Waals surface area contributed by atoms with E-state index in [9.17, 15) is 0 Å². The predicted octanol–water partition coefficient (Wildman–Crippen LogP) is 4.76. The Morgan fingerprint density at radius 3 is 2.78 bits per heavy atom. The van der Waals surface area contributed by atoms with Gasteiger partial charge >= 0.3 is 0 Å². The molecule has 1 aliphatic carbocycles.